The fourth-order valence-corrected chi connectivity index (χ4v) is 2.84. The molecule has 0 saturated heterocycles. The lowest BCUT2D eigenvalue weighted by molar-refractivity contribution is -0.137. The number of benzene rings is 2. The van der Waals surface area contributed by atoms with Crippen molar-refractivity contribution >= 4 is 23.5 Å². The van der Waals surface area contributed by atoms with Crippen LogP contribution in [0.15, 0.2) is 54.6 Å². The van der Waals surface area contributed by atoms with Crippen LogP contribution < -0.4 is 5.32 Å². The zero-order valence-corrected chi connectivity index (χ0v) is 15.1. The van der Waals surface area contributed by atoms with E-state index in [2.05, 4.69) is 10.4 Å². The number of aromatic hydroxyl groups is 1. The maximum Gasteiger partial charge on any atom is 0.305 e. The van der Waals surface area contributed by atoms with E-state index in [1.807, 2.05) is 0 Å². The normalized spacial score (nSPS) is 11.8. The van der Waals surface area contributed by atoms with Gasteiger partial charge in [0.2, 0.25) is 5.88 Å². The third-order valence-electron chi connectivity index (χ3n) is 3.93. The number of hydrogen-bond acceptors (Lipinski definition) is 4. The van der Waals surface area contributed by atoms with Gasteiger partial charge in [-0.2, -0.15) is 5.10 Å². The Morgan fingerprint density at radius 2 is 1.89 bits per heavy atom. The highest BCUT2D eigenvalue weighted by Gasteiger charge is 2.22. The highest BCUT2D eigenvalue weighted by molar-refractivity contribution is 6.30. The van der Waals surface area contributed by atoms with E-state index in [-0.39, 0.29) is 18.0 Å². The van der Waals surface area contributed by atoms with Crippen LogP contribution in [0.2, 0.25) is 5.02 Å². The molecule has 3 aromatic rings. The van der Waals surface area contributed by atoms with E-state index in [1.165, 1.54) is 24.3 Å². The second kappa shape index (κ2) is 8.10. The summed E-state index contributed by atoms with van der Waals surface area (Å²) in [6, 6.07) is 11.9. The number of halogens is 2. The quantitative estimate of drug-likeness (QED) is 0.585. The molecule has 0 bridgehead atoms. The van der Waals surface area contributed by atoms with Crippen molar-refractivity contribution in [3.8, 4) is 11.6 Å². The van der Waals surface area contributed by atoms with Gasteiger partial charge in [0.1, 0.15) is 5.82 Å². The molecule has 9 heteroatoms. The SMILES string of the molecule is O=C(O)C[C@H](NC(=O)c1cc(O)n(-c2ccc(F)cc2)n1)c1cccc(Cl)c1. The number of aromatic nitrogens is 2. The van der Waals surface area contributed by atoms with Crippen molar-refractivity contribution in [2.24, 2.45) is 0 Å². The standard InChI is InChI=1S/C19H15ClFN3O4/c20-12-3-1-2-11(8-12)15(10-18(26)27)22-19(28)16-9-17(25)24(23-16)14-6-4-13(21)5-7-14/h1-9,15,25H,10H2,(H,22,28)(H,26,27)/t15-/m0/s1. The molecule has 0 aliphatic heterocycles. The smallest absolute Gasteiger partial charge is 0.305 e. The Morgan fingerprint density at radius 3 is 2.54 bits per heavy atom. The number of hydrogen-bond donors (Lipinski definition) is 3. The molecule has 0 aliphatic rings. The van der Waals surface area contributed by atoms with Gasteiger partial charge in [-0.15, -0.1) is 0 Å². The lowest BCUT2D eigenvalue weighted by Crippen LogP contribution is -2.30. The Balaban J connectivity index is 1.85. The molecule has 7 nitrogen and oxygen atoms in total. The van der Waals surface area contributed by atoms with Gasteiger partial charge < -0.3 is 15.5 Å². The molecule has 2 aromatic carbocycles. The van der Waals surface area contributed by atoms with Gasteiger partial charge in [-0.1, -0.05) is 23.7 Å². The maximum atomic E-state index is 13.1. The molecule has 1 amide bonds. The van der Waals surface area contributed by atoms with E-state index in [9.17, 15) is 19.1 Å². The predicted molar refractivity (Wildman–Crippen MR) is 99.1 cm³/mol. The highest BCUT2D eigenvalue weighted by atomic mass is 35.5. The number of nitrogens with one attached hydrogen (secondary N) is 1. The summed E-state index contributed by atoms with van der Waals surface area (Å²) in [6.45, 7) is 0. The first-order valence-corrected chi connectivity index (χ1v) is 8.54. The van der Waals surface area contributed by atoms with E-state index in [4.69, 9.17) is 16.7 Å². The number of rotatable bonds is 6. The predicted octanol–water partition coefficient (Wildman–Crippen LogP) is 3.32. The summed E-state index contributed by atoms with van der Waals surface area (Å²) in [5.41, 5.74) is 0.750. The van der Waals surface area contributed by atoms with Gasteiger partial charge >= 0.3 is 5.97 Å². The Morgan fingerprint density at radius 1 is 1.18 bits per heavy atom. The largest absolute Gasteiger partial charge is 0.493 e. The van der Waals surface area contributed by atoms with Crippen molar-refractivity contribution in [1.29, 1.82) is 0 Å². The number of carbonyl (C=O) groups excluding carboxylic acids is 1. The van der Waals surface area contributed by atoms with Gasteiger partial charge in [0.25, 0.3) is 5.91 Å². The van der Waals surface area contributed by atoms with Gasteiger partial charge in [0.05, 0.1) is 18.2 Å². The van der Waals surface area contributed by atoms with Crippen molar-refractivity contribution in [3.05, 3.63) is 76.7 Å². The number of amides is 1. The second-order valence-corrected chi connectivity index (χ2v) is 6.39. The topological polar surface area (TPSA) is 104 Å². The van der Waals surface area contributed by atoms with Crippen LogP contribution in [0.5, 0.6) is 5.88 Å². The monoisotopic (exact) mass is 403 g/mol. The van der Waals surface area contributed by atoms with Crippen LogP contribution in [0.4, 0.5) is 4.39 Å². The summed E-state index contributed by atoms with van der Waals surface area (Å²) in [5, 5.41) is 26.2. The average Bonchev–Trinajstić information content (AvgIpc) is 3.03. The van der Waals surface area contributed by atoms with Crippen molar-refractivity contribution < 1.29 is 24.2 Å². The Labute approximate surface area is 164 Å². The number of carboxylic acid groups (broad SMARTS) is 1. The minimum atomic E-state index is -1.11. The fraction of sp³-hybridized carbons (Fsp3) is 0.105. The first-order valence-electron chi connectivity index (χ1n) is 8.16. The molecule has 0 fully saturated rings. The third-order valence-corrected chi connectivity index (χ3v) is 4.16. The zero-order chi connectivity index (χ0) is 20.3. The molecule has 1 aromatic heterocycles. The minimum absolute atomic E-state index is 0.126. The molecule has 3 rings (SSSR count). The van der Waals surface area contributed by atoms with Crippen LogP contribution in [-0.2, 0) is 4.79 Å². The molecular weight excluding hydrogens is 389 g/mol. The Hall–Kier alpha value is -3.39. The Bertz CT molecular complexity index is 1020. The van der Waals surface area contributed by atoms with Crippen molar-refractivity contribution in [3.63, 3.8) is 0 Å². The van der Waals surface area contributed by atoms with Crippen LogP contribution >= 0.6 is 11.6 Å². The van der Waals surface area contributed by atoms with Crippen LogP contribution in [0.1, 0.15) is 28.5 Å². The molecule has 144 valence electrons. The molecule has 0 spiro atoms. The van der Waals surface area contributed by atoms with Gasteiger partial charge in [-0.25, -0.2) is 9.07 Å². The van der Waals surface area contributed by atoms with Crippen molar-refractivity contribution in [1.82, 2.24) is 15.1 Å². The Kier molecular flexibility index (Phi) is 5.60. The third kappa shape index (κ3) is 4.47. The van der Waals surface area contributed by atoms with Gasteiger partial charge in [0, 0.05) is 11.1 Å². The fourth-order valence-electron chi connectivity index (χ4n) is 2.64. The van der Waals surface area contributed by atoms with E-state index in [0.29, 0.717) is 16.3 Å². The number of carbonyl (C=O) groups is 2. The summed E-state index contributed by atoms with van der Waals surface area (Å²) >= 11 is 5.95. The minimum Gasteiger partial charge on any atom is -0.493 e. The number of carboxylic acids is 1. The summed E-state index contributed by atoms with van der Waals surface area (Å²) < 4.78 is 14.1. The number of aliphatic carboxylic acids is 1. The van der Waals surface area contributed by atoms with Crippen LogP contribution in [0, 0.1) is 5.82 Å². The average molecular weight is 404 g/mol. The zero-order valence-electron chi connectivity index (χ0n) is 14.3. The summed E-state index contributed by atoms with van der Waals surface area (Å²) in [4.78, 5) is 23.7. The van der Waals surface area contributed by atoms with Crippen molar-refractivity contribution in [2.75, 3.05) is 0 Å². The maximum absolute atomic E-state index is 13.1. The summed E-state index contributed by atoms with van der Waals surface area (Å²) in [6.07, 6.45) is -0.364. The van der Waals surface area contributed by atoms with E-state index in [0.717, 1.165) is 10.7 Å². The molecule has 1 heterocycles. The molecule has 0 radical (unpaired) electrons. The van der Waals surface area contributed by atoms with E-state index < -0.39 is 23.7 Å². The number of nitrogens with zero attached hydrogens (tertiary/aromatic N) is 2. The highest BCUT2D eigenvalue weighted by Crippen LogP contribution is 2.23. The van der Waals surface area contributed by atoms with Gasteiger partial charge in [0.15, 0.2) is 5.69 Å². The van der Waals surface area contributed by atoms with Gasteiger partial charge in [-0.05, 0) is 42.0 Å². The molecule has 0 aliphatic carbocycles. The van der Waals surface area contributed by atoms with Gasteiger partial charge in [-0.3, -0.25) is 9.59 Å². The van der Waals surface area contributed by atoms with Crippen molar-refractivity contribution in [2.45, 2.75) is 12.5 Å². The summed E-state index contributed by atoms with van der Waals surface area (Å²) in [5.74, 6) is -2.56. The first kappa shape index (κ1) is 19.4. The molecule has 0 saturated carbocycles. The molecule has 28 heavy (non-hydrogen) atoms. The molecular formula is C19H15ClFN3O4. The van der Waals surface area contributed by atoms with E-state index in [1.54, 1.807) is 24.3 Å². The molecule has 0 unspecified atom stereocenters. The lowest BCUT2D eigenvalue weighted by atomic mass is 10.0. The summed E-state index contributed by atoms with van der Waals surface area (Å²) in [7, 11) is 0. The van der Waals surface area contributed by atoms with Crippen LogP contribution in [0.3, 0.4) is 0 Å². The lowest BCUT2D eigenvalue weighted by Gasteiger charge is -2.17. The molecule has 3 N–H and O–H groups in total. The second-order valence-electron chi connectivity index (χ2n) is 5.95. The van der Waals surface area contributed by atoms with E-state index >= 15 is 0 Å². The molecule has 1 atom stereocenters. The van der Waals surface area contributed by atoms with Crippen LogP contribution in [-0.4, -0.2) is 31.9 Å². The van der Waals surface area contributed by atoms with Crippen LogP contribution in [0.25, 0.3) is 5.69 Å². The first-order chi connectivity index (χ1) is 13.3.